The monoisotopic (exact) mass is 179 g/mol. The summed E-state index contributed by atoms with van der Waals surface area (Å²) in [6.07, 6.45) is 0. The van der Waals surface area contributed by atoms with E-state index in [9.17, 15) is 0 Å². The van der Waals surface area contributed by atoms with Crippen molar-refractivity contribution in [3.8, 4) is 0 Å². The van der Waals surface area contributed by atoms with Crippen molar-refractivity contribution in [3.63, 3.8) is 0 Å². The summed E-state index contributed by atoms with van der Waals surface area (Å²) in [5.41, 5.74) is 1.24. The zero-order valence-electron chi connectivity index (χ0n) is 8.36. The molecule has 0 saturated heterocycles. The first-order valence-electron chi connectivity index (χ1n) is 4.68. The fraction of sp³-hybridized carbons (Fsp3) is 0.455. The van der Waals surface area contributed by atoms with Crippen LogP contribution in [0.2, 0.25) is 0 Å². The summed E-state index contributed by atoms with van der Waals surface area (Å²) in [6, 6.07) is 10.3. The Morgan fingerprint density at radius 1 is 1.23 bits per heavy atom. The molecule has 13 heavy (non-hydrogen) atoms. The Kier molecular flexibility index (Phi) is 4.33. The normalized spacial score (nSPS) is 10.0. The number of ether oxygens (including phenoxy) is 1. The molecule has 0 aliphatic rings. The third kappa shape index (κ3) is 3.47. The highest BCUT2D eigenvalue weighted by molar-refractivity contribution is 5.44. The molecule has 0 unspecified atom stereocenters. The van der Waals surface area contributed by atoms with Crippen LogP contribution in [0.4, 0.5) is 5.69 Å². The second-order valence-corrected chi connectivity index (χ2v) is 2.95. The molecule has 0 saturated carbocycles. The third-order valence-electron chi connectivity index (χ3n) is 1.97. The lowest BCUT2D eigenvalue weighted by molar-refractivity contribution is 0.154. The van der Waals surface area contributed by atoms with E-state index in [0.29, 0.717) is 0 Å². The van der Waals surface area contributed by atoms with Gasteiger partial charge in [-0.15, -0.1) is 0 Å². The maximum atomic E-state index is 5.28. The molecule has 0 aromatic heterocycles. The molecule has 0 atom stereocenters. The van der Waals surface area contributed by atoms with E-state index in [1.54, 1.807) is 0 Å². The van der Waals surface area contributed by atoms with Crippen LogP contribution in [0.3, 0.4) is 0 Å². The zero-order valence-corrected chi connectivity index (χ0v) is 8.36. The molecule has 1 rings (SSSR count). The van der Waals surface area contributed by atoms with Crippen LogP contribution in [-0.2, 0) is 4.74 Å². The Bertz CT molecular complexity index is 223. The Labute approximate surface area is 80.1 Å². The quantitative estimate of drug-likeness (QED) is 0.642. The van der Waals surface area contributed by atoms with Gasteiger partial charge in [-0.1, -0.05) is 18.2 Å². The smallest absolute Gasteiger partial charge is 0.0641 e. The van der Waals surface area contributed by atoms with Gasteiger partial charge < -0.3 is 9.64 Å². The molecule has 72 valence electrons. The first kappa shape index (κ1) is 10.1. The molecule has 0 spiro atoms. The fourth-order valence-electron chi connectivity index (χ4n) is 1.16. The summed E-state index contributed by atoms with van der Waals surface area (Å²) < 4.78 is 5.28. The lowest BCUT2D eigenvalue weighted by Gasteiger charge is -2.18. The fourth-order valence-corrected chi connectivity index (χ4v) is 1.16. The van der Waals surface area contributed by atoms with Gasteiger partial charge in [-0.2, -0.15) is 0 Å². The SMILES string of the molecule is CCOCCN(C)c1ccccc1. The second-order valence-electron chi connectivity index (χ2n) is 2.95. The highest BCUT2D eigenvalue weighted by Crippen LogP contribution is 2.09. The molecule has 0 heterocycles. The molecule has 0 radical (unpaired) electrons. The van der Waals surface area contributed by atoms with Crippen LogP contribution in [0.15, 0.2) is 30.3 Å². The third-order valence-corrected chi connectivity index (χ3v) is 1.97. The predicted octanol–water partition coefficient (Wildman–Crippen LogP) is 2.16. The summed E-state index contributed by atoms with van der Waals surface area (Å²) in [6.45, 7) is 4.55. The first-order valence-corrected chi connectivity index (χ1v) is 4.68. The Balaban J connectivity index is 2.35. The summed E-state index contributed by atoms with van der Waals surface area (Å²) in [5, 5.41) is 0. The minimum absolute atomic E-state index is 0.794. The molecule has 2 heteroatoms. The van der Waals surface area contributed by atoms with Crippen molar-refractivity contribution in [2.75, 3.05) is 31.7 Å². The van der Waals surface area contributed by atoms with Gasteiger partial charge in [0.2, 0.25) is 0 Å². The molecule has 0 bridgehead atoms. The van der Waals surface area contributed by atoms with Crippen LogP contribution < -0.4 is 4.90 Å². The molecule has 0 aliphatic carbocycles. The van der Waals surface area contributed by atoms with Gasteiger partial charge in [0.1, 0.15) is 0 Å². The van der Waals surface area contributed by atoms with E-state index in [4.69, 9.17) is 4.74 Å². The van der Waals surface area contributed by atoms with Gasteiger partial charge in [0, 0.05) is 25.9 Å². The van der Waals surface area contributed by atoms with Gasteiger partial charge in [0.25, 0.3) is 0 Å². The van der Waals surface area contributed by atoms with Gasteiger partial charge >= 0.3 is 0 Å². The zero-order chi connectivity index (χ0) is 9.52. The summed E-state index contributed by atoms with van der Waals surface area (Å²) >= 11 is 0. The summed E-state index contributed by atoms with van der Waals surface area (Å²) in [4.78, 5) is 2.19. The van der Waals surface area contributed by atoms with Crippen molar-refractivity contribution in [1.29, 1.82) is 0 Å². The number of anilines is 1. The van der Waals surface area contributed by atoms with Crippen LogP contribution >= 0.6 is 0 Å². The van der Waals surface area contributed by atoms with E-state index < -0.39 is 0 Å². The number of hydrogen-bond acceptors (Lipinski definition) is 2. The standard InChI is InChI=1S/C11H17NO/c1-3-13-10-9-12(2)11-7-5-4-6-8-11/h4-8H,3,9-10H2,1-2H3. The van der Waals surface area contributed by atoms with Crippen molar-refractivity contribution in [2.24, 2.45) is 0 Å². The molecule has 1 aromatic carbocycles. The number of rotatable bonds is 5. The molecule has 0 N–H and O–H groups in total. The van der Waals surface area contributed by atoms with Gasteiger partial charge in [0.15, 0.2) is 0 Å². The van der Waals surface area contributed by atoms with E-state index in [-0.39, 0.29) is 0 Å². The maximum Gasteiger partial charge on any atom is 0.0641 e. The van der Waals surface area contributed by atoms with E-state index >= 15 is 0 Å². The average molecular weight is 179 g/mol. The van der Waals surface area contributed by atoms with Crippen molar-refractivity contribution < 1.29 is 4.74 Å². The summed E-state index contributed by atoms with van der Waals surface area (Å²) in [5.74, 6) is 0. The maximum absolute atomic E-state index is 5.28. The van der Waals surface area contributed by atoms with Crippen molar-refractivity contribution in [3.05, 3.63) is 30.3 Å². The van der Waals surface area contributed by atoms with Crippen molar-refractivity contribution >= 4 is 5.69 Å². The average Bonchev–Trinajstić information content (AvgIpc) is 2.19. The number of benzene rings is 1. The lowest BCUT2D eigenvalue weighted by atomic mass is 10.3. The highest BCUT2D eigenvalue weighted by Gasteiger charge is 1.97. The minimum atomic E-state index is 0.794. The van der Waals surface area contributed by atoms with Gasteiger partial charge in [-0.3, -0.25) is 0 Å². The van der Waals surface area contributed by atoms with Gasteiger partial charge in [-0.05, 0) is 19.1 Å². The molecular formula is C11H17NO. The number of para-hydroxylation sites is 1. The molecule has 1 aromatic rings. The van der Waals surface area contributed by atoms with Gasteiger partial charge in [0.05, 0.1) is 6.61 Å². The van der Waals surface area contributed by atoms with E-state index in [1.165, 1.54) is 5.69 Å². The first-order chi connectivity index (χ1) is 6.34. The Morgan fingerprint density at radius 2 is 1.92 bits per heavy atom. The second kappa shape index (κ2) is 5.60. The molecule has 0 amide bonds. The number of hydrogen-bond donors (Lipinski definition) is 0. The highest BCUT2D eigenvalue weighted by atomic mass is 16.5. The van der Waals surface area contributed by atoms with Gasteiger partial charge in [-0.25, -0.2) is 0 Å². The lowest BCUT2D eigenvalue weighted by Crippen LogP contribution is -2.22. The van der Waals surface area contributed by atoms with E-state index in [0.717, 1.165) is 19.8 Å². The predicted molar refractivity (Wildman–Crippen MR) is 56.2 cm³/mol. The Hall–Kier alpha value is -1.02. The molecule has 2 nitrogen and oxygen atoms in total. The van der Waals surface area contributed by atoms with Crippen LogP contribution in [0.1, 0.15) is 6.92 Å². The van der Waals surface area contributed by atoms with Crippen LogP contribution in [-0.4, -0.2) is 26.8 Å². The van der Waals surface area contributed by atoms with E-state index in [1.807, 2.05) is 25.1 Å². The largest absolute Gasteiger partial charge is 0.380 e. The van der Waals surface area contributed by atoms with Crippen LogP contribution in [0, 0.1) is 0 Å². The molecule has 0 fully saturated rings. The van der Waals surface area contributed by atoms with E-state index in [2.05, 4.69) is 24.1 Å². The van der Waals surface area contributed by atoms with Crippen LogP contribution in [0.25, 0.3) is 0 Å². The van der Waals surface area contributed by atoms with Crippen molar-refractivity contribution in [2.45, 2.75) is 6.92 Å². The van der Waals surface area contributed by atoms with Crippen LogP contribution in [0.5, 0.6) is 0 Å². The topological polar surface area (TPSA) is 12.5 Å². The number of likely N-dealkylation sites (N-methyl/N-ethyl adjacent to an activating group) is 1. The van der Waals surface area contributed by atoms with Crippen molar-refractivity contribution in [1.82, 2.24) is 0 Å². The molecule has 0 aliphatic heterocycles. The number of nitrogens with zero attached hydrogens (tertiary/aromatic N) is 1. The Morgan fingerprint density at radius 3 is 2.54 bits per heavy atom. The minimum Gasteiger partial charge on any atom is -0.380 e. The molecular weight excluding hydrogens is 162 g/mol. The summed E-state index contributed by atoms with van der Waals surface area (Å²) in [7, 11) is 2.08.